The number of nitrogens with one attached hydrogen (secondary N) is 1. The molecule has 0 aliphatic carbocycles. The second kappa shape index (κ2) is 19.7. The number of aromatic nitrogens is 5. The van der Waals surface area contributed by atoms with Gasteiger partial charge in [0.05, 0.1) is 35.0 Å². The largest absolute Gasteiger partial charge is 2.00 e. The number of nitrogens with zero attached hydrogens (tertiary/aromatic N) is 6. The monoisotopic (exact) mass is 787 g/mol. The predicted molar refractivity (Wildman–Crippen MR) is 191 cm³/mol. The number of methoxy groups -OCH3 is 1. The first kappa shape index (κ1) is 38.4. The standard InChI is InChI=1S/C21H15N3O.C12H8N2O4.CHNS.CNS.Ru/c1-25-14-8-6-13(7-9-14)18-12-17-15-4-2-10-22-20(15)21-16(19(17)24-18)5-3-11-23-21;15-7-17-9-1-3-13-11(5-9)12-6-10(18-8-16)2-4-14-12;2*2-1-3;/h2-12,24H,1H3;1-8H;3H;;/q;;;-1;+2/p-1. The molecule has 0 bridgehead atoms. The van der Waals surface area contributed by atoms with Gasteiger partial charge in [-0.15, -0.1) is 0 Å². The fourth-order valence-electron chi connectivity index (χ4n) is 4.77. The number of fused-ring (bicyclic) bond motifs is 6. The molecule has 2 aromatic carbocycles. The molecule has 7 aromatic rings. The van der Waals surface area contributed by atoms with E-state index in [9.17, 15) is 9.59 Å². The molecule has 0 aliphatic rings. The van der Waals surface area contributed by atoms with Gasteiger partial charge in [-0.2, -0.15) is 5.16 Å². The summed E-state index contributed by atoms with van der Waals surface area (Å²) in [5, 5.41) is 20.3. The molecule has 0 aliphatic heterocycles. The summed E-state index contributed by atoms with van der Waals surface area (Å²) in [7, 11) is 1.68. The molecule has 1 N–H and O–H groups in total. The molecule has 7 rings (SSSR count). The van der Waals surface area contributed by atoms with Crippen molar-refractivity contribution in [1.29, 1.82) is 5.26 Å². The zero-order chi connectivity index (χ0) is 35.0. The molecule has 0 amide bonds. The number of thiocyanates is 1. The zero-order valence-corrected chi connectivity index (χ0v) is 29.2. The van der Waals surface area contributed by atoms with E-state index in [-0.39, 0.29) is 19.5 Å². The number of aromatic amines is 1. The van der Waals surface area contributed by atoms with Crippen molar-refractivity contribution in [3.8, 4) is 45.3 Å². The van der Waals surface area contributed by atoms with Gasteiger partial charge in [-0.3, -0.25) is 29.5 Å². The van der Waals surface area contributed by atoms with Crippen LogP contribution < -0.4 is 14.2 Å². The summed E-state index contributed by atoms with van der Waals surface area (Å²) < 4.78 is 14.7. The number of benzene rings is 2. The smallest absolute Gasteiger partial charge is 0.753 e. The number of thiocarbonyl (C=S) groups is 1. The van der Waals surface area contributed by atoms with Crippen LogP contribution in [-0.2, 0) is 41.7 Å². The maximum Gasteiger partial charge on any atom is 2.00 e. The molecule has 15 heteroatoms. The van der Waals surface area contributed by atoms with Crippen molar-refractivity contribution >= 4 is 75.7 Å². The zero-order valence-electron chi connectivity index (χ0n) is 25.9. The van der Waals surface area contributed by atoms with Crippen LogP contribution in [0.1, 0.15) is 0 Å². The van der Waals surface area contributed by atoms with Crippen molar-refractivity contribution in [1.82, 2.24) is 24.9 Å². The molecule has 0 radical (unpaired) electrons. The minimum atomic E-state index is 0. The van der Waals surface area contributed by atoms with E-state index in [0.29, 0.717) is 35.8 Å². The van der Waals surface area contributed by atoms with Crippen molar-refractivity contribution in [3.63, 3.8) is 0 Å². The van der Waals surface area contributed by atoms with Crippen LogP contribution in [0.2, 0.25) is 0 Å². The Morgan fingerprint density at radius 1 is 0.760 bits per heavy atom. The number of rotatable bonds is 7. The van der Waals surface area contributed by atoms with Gasteiger partial charge in [0.15, 0.2) is 0 Å². The van der Waals surface area contributed by atoms with Crippen molar-refractivity contribution in [2.75, 3.05) is 7.11 Å². The van der Waals surface area contributed by atoms with Crippen LogP contribution >= 0.6 is 12.2 Å². The maximum absolute atomic E-state index is 10.2. The normalized spacial score (nSPS) is 9.44. The second-order valence-corrected chi connectivity index (χ2v) is 9.73. The summed E-state index contributed by atoms with van der Waals surface area (Å²) in [5.41, 5.74) is 6.15. The van der Waals surface area contributed by atoms with E-state index in [1.807, 2.05) is 36.7 Å². The van der Waals surface area contributed by atoms with Crippen molar-refractivity contribution in [3.05, 3.63) is 109 Å². The average molecular weight is 787 g/mol. The first-order valence-corrected chi connectivity index (χ1v) is 14.8. The number of isothiocyanates is 1. The first-order valence-electron chi connectivity index (χ1n) is 14.0. The molecule has 0 saturated carbocycles. The van der Waals surface area contributed by atoms with Gasteiger partial charge in [-0.25, -0.2) is 5.26 Å². The molecule has 0 fully saturated rings. The molecule has 0 unspecified atom stereocenters. The van der Waals surface area contributed by atoms with Gasteiger partial charge in [0.2, 0.25) is 0 Å². The molecule has 0 atom stereocenters. The third-order valence-corrected chi connectivity index (χ3v) is 6.71. The Morgan fingerprint density at radius 3 is 1.76 bits per heavy atom. The summed E-state index contributed by atoms with van der Waals surface area (Å²) in [5.74, 6) is 1.57. The fourth-order valence-corrected chi connectivity index (χ4v) is 4.77. The van der Waals surface area contributed by atoms with E-state index in [1.165, 1.54) is 23.0 Å². The molecular weight excluding hydrogens is 764 g/mol. The summed E-state index contributed by atoms with van der Waals surface area (Å²) in [6.45, 7) is 0.664. The summed E-state index contributed by atoms with van der Waals surface area (Å²) >= 11 is 7.40. The minimum absolute atomic E-state index is 0. The van der Waals surface area contributed by atoms with Crippen LogP contribution in [0.4, 0.5) is 0 Å². The van der Waals surface area contributed by atoms with E-state index >= 15 is 0 Å². The van der Waals surface area contributed by atoms with Crippen LogP contribution in [0.25, 0.3) is 60.8 Å². The van der Waals surface area contributed by atoms with E-state index in [2.05, 4.69) is 80.1 Å². The van der Waals surface area contributed by atoms with Crippen molar-refractivity contribution < 1.29 is 43.3 Å². The number of ether oxygens (including phenoxy) is 3. The maximum atomic E-state index is 10.2. The Bertz CT molecular complexity index is 2170. The number of nitriles is 1. The molecule has 0 saturated heterocycles. The average Bonchev–Trinajstić information content (AvgIpc) is 3.60. The SMILES string of the molecule is COc1ccc(-c2cc3c4cccnc4c4ncccc4c3[nH]2)cc1.N#C[S-].O=COc1ccnc(-c2cc(OC=O)ccn2)c1.[N-]=C=S.[Ru+2]. The van der Waals surface area contributed by atoms with Crippen LogP contribution in [0.15, 0.2) is 104 Å². The van der Waals surface area contributed by atoms with E-state index < -0.39 is 0 Å². The summed E-state index contributed by atoms with van der Waals surface area (Å²) in [4.78, 5) is 41.4. The quantitative estimate of drug-likeness (QED) is 0.0340. The summed E-state index contributed by atoms with van der Waals surface area (Å²) in [6.07, 6.45) is 6.61. The van der Waals surface area contributed by atoms with E-state index in [0.717, 1.165) is 49.7 Å². The number of hydrogen-bond donors (Lipinski definition) is 1. The molecule has 248 valence electrons. The molecular formula is C35H23N7O5RuS2. The Kier molecular flexibility index (Phi) is 15.1. The third-order valence-electron chi connectivity index (χ3n) is 6.71. The fraction of sp³-hybridized carbons (Fsp3) is 0.0286. The molecule has 5 heterocycles. The van der Waals surface area contributed by atoms with Crippen LogP contribution in [0.3, 0.4) is 0 Å². The van der Waals surface area contributed by atoms with Gasteiger partial charge in [0, 0.05) is 58.8 Å². The Morgan fingerprint density at radius 2 is 1.26 bits per heavy atom. The van der Waals surface area contributed by atoms with Crippen molar-refractivity contribution in [2.45, 2.75) is 0 Å². The molecule has 50 heavy (non-hydrogen) atoms. The molecule has 5 aromatic heterocycles. The topological polar surface area (TPSA) is 175 Å². The van der Waals surface area contributed by atoms with Crippen LogP contribution in [0, 0.1) is 10.7 Å². The number of pyridine rings is 4. The third kappa shape index (κ3) is 9.53. The second-order valence-electron chi connectivity index (χ2n) is 9.36. The van der Waals surface area contributed by atoms with Crippen LogP contribution in [-0.4, -0.2) is 50.1 Å². The number of carbonyl (C=O) groups excluding carboxylic acids is 2. The minimum Gasteiger partial charge on any atom is -0.753 e. The van der Waals surface area contributed by atoms with E-state index in [4.69, 9.17) is 24.9 Å². The Balaban J connectivity index is 0.000000239. The van der Waals surface area contributed by atoms with Gasteiger partial charge >= 0.3 is 19.5 Å². The molecule has 0 spiro atoms. The van der Waals surface area contributed by atoms with Gasteiger partial charge in [0.1, 0.15) is 17.2 Å². The van der Waals surface area contributed by atoms with Gasteiger partial charge in [-0.1, -0.05) is 23.7 Å². The van der Waals surface area contributed by atoms with Crippen molar-refractivity contribution in [2.24, 2.45) is 0 Å². The van der Waals surface area contributed by atoms with Gasteiger partial charge in [0.25, 0.3) is 12.9 Å². The van der Waals surface area contributed by atoms with Crippen LogP contribution in [0.5, 0.6) is 17.2 Å². The number of hydrogen-bond acceptors (Lipinski definition) is 12. The predicted octanol–water partition coefficient (Wildman–Crippen LogP) is 6.82. The first-order chi connectivity index (χ1) is 24.0. The summed E-state index contributed by atoms with van der Waals surface area (Å²) in [6, 6.07) is 24.6. The number of H-pyrrole nitrogens is 1. The molecule has 12 nitrogen and oxygen atoms in total. The van der Waals surface area contributed by atoms with Gasteiger partial charge < -0.3 is 37.2 Å². The Hall–Kier alpha value is -6.03. The number of carbonyl (C=O) groups is 2. The Labute approximate surface area is 309 Å². The van der Waals surface area contributed by atoms with Gasteiger partial charge in [-0.05, 0) is 66.2 Å². The van der Waals surface area contributed by atoms with E-state index in [1.54, 1.807) is 31.4 Å².